The number of halogens is 1. The summed E-state index contributed by atoms with van der Waals surface area (Å²) < 4.78 is 14.5. The van der Waals surface area contributed by atoms with Gasteiger partial charge in [-0.2, -0.15) is 0 Å². The average molecular weight is 297 g/mol. The molecule has 22 heavy (non-hydrogen) atoms. The van der Waals surface area contributed by atoms with Gasteiger partial charge in [0.15, 0.2) is 0 Å². The Labute approximate surface area is 129 Å². The zero-order valence-corrected chi connectivity index (χ0v) is 13.1. The van der Waals surface area contributed by atoms with E-state index in [1.165, 1.54) is 11.6 Å². The van der Waals surface area contributed by atoms with Gasteiger partial charge in [0, 0.05) is 22.2 Å². The predicted octanol–water partition coefficient (Wildman–Crippen LogP) is 4.76. The van der Waals surface area contributed by atoms with Crippen molar-refractivity contribution < 1.29 is 9.50 Å². The highest BCUT2D eigenvalue weighted by atomic mass is 19.1. The molecule has 0 amide bonds. The van der Waals surface area contributed by atoms with Gasteiger partial charge >= 0.3 is 0 Å². The van der Waals surface area contributed by atoms with Crippen molar-refractivity contribution in [1.29, 1.82) is 0 Å². The van der Waals surface area contributed by atoms with Crippen molar-refractivity contribution in [1.82, 2.24) is 4.98 Å². The van der Waals surface area contributed by atoms with Crippen molar-refractivity contribution in [2.45, 2.75) is 32.8 Å². The van der Waals surface area contributed by atoms with Crippen molar-refractivity contribution in [3.63, 3.8) is 0 Å². The summed E-state index contributed by atoms with van der Waals surface area (Å²) in [5.41, 5.74) is 4.05. The molecule has 3 rings (SSSR count). The lowest BCUT2D eigenvalue weighted by Gasteiger charge is -2.20. The number of rotatable bonds is 2. The summed E-state index contributed by atoms with van der Waals surface area (Å²) in [6, 6.07) is 13.2. The van der Waals surface area contributed by atoms with E-state index in [2.05, 4.69) is 31.8 Å². The Bertz CT molecular complexity index is 827. The molecule has 0 radical (unpaired) electrons. The number of aliphatic hydroxyl groups excluding tert-OH is 1. The van der Waals surface area contributed by atoms with Crippen LogP contribution in [-0.2, 0) is 12.0 Å². The summed E-state index contributed by atoms with van der Waals surface area (Å²) in [6.45, 7) is 6.35. The monoisotopic (exact) mass is 297 g/mol. The third kappa shape index (κ3) is 2.64. The molecule has 2 N–H and O–H groups in total. The molecular weight excluding hydrogens is 277 g/mol. The molecule has 2 aromatic carbocycles. The lowest BCUT2D eigenvalue weighted by Crippen LogP contribution is -2.10. The summed E-state index contributed by atoms with van der Waals surface area (Å²) >= 11 is 0. The predicted molar refractivity (Wildman–Crippen MR) is 88.3 cm³/mol. The van der Waals surface area contributed by atoms with Crippen LogP contribution in [0.4, 0.5) is 4.39 Å². The first-order valence-electron chi connectivity index (χ1n) is 7.41. The van der Waals surface area contributed by atoms with E-state index in [1.54, 1.807) is 0 Å². The molecule has 0 fully saturated rings. The lowest BCUT2D eigenvalue weighted by molar-refractivity contribution is 0.278. The minimum Gasteiger partial charge on any atom is -0.390 e. The topological polar surface area (TPSA) is 36.0 Å². The second-order valence-electron chi connectivity index (χ2n) is 6.70. The first-order chi connectivity index (χ1) is 10.4. The molecule has 0 aliphatic carbocycles. The second kappa shape index (κ2) is 5.25. The van der Waals surface area contributed by atoms with Gasteiger partial charge in [-0.25, -0.2) is 4.39 Å². The van der Waals surface area contributed by atoms with Crippen LogP contribution in [0.3, 0.4) is 0 Å². The van der Waals surface area contributed by atoms with Gasteiger partial charge in [0.1, 0.15) is 5.82 Å². The van der Waals surface area contributed by atoms with E-state index in [9.17, 15) is 9.50 Å². The molecule has 0 saturated carbocycles. The quantitative estimate of drug-likeness (QED) is 0.702. The van der Waals surface area contributed by atoms with Crippen molar-refractivity contribution >= 4 is 10.9 Å². The van der Waals surface area contributed by atoms with Crippen LogP contribution >= 0.6 is 0 Å². The van der Waals surface area contributed by atoms with E-state index >= 15 is 0 Å². The largest absolute Gasteiger partial charge is 0.390 e. The number of aromatic amines is 1. The summed E-state index contributed by atoms with van der Waals surface area (Å²) in [6.07, 6.45) is 0. The number of fused-ring (bicyclic) bond motifs is 1. The van der Waals surface area contributed by atoms with Crippen LogP contribution in [-0.4, -0.2) is 10.1 Å². The zero-order valence-electron chi connectivity index (χ0n) is 13.1. The standard InChI is InChI=1S/C19H20FNO/c1-19(2,3)14-6-4-5-12(7-14)16-9-13-8-15(11-22)21-18(13)10-17(16)20/h4-10,21-22H,11H2,1-3H3. The number of nitrogens with one attached hydrogen (secondary N) is 1. The highest BCUT2D eigenvalue weighted by molar-refractivity contribution is 5.86. The van der Waals surface area contributed by atoms with E-state index < -0.39 is 0 Å². The van der Waals surface area contributed by atoms with Crippen molar-refractivity contribution in [2.24, 2.45) is 0 Å². The molecule has 3 aromatic rings. The van der Waals surface area contributed by atoms with E-state index in [0.717, 1.165) is 10.9 Å². The molecule has 0 atom stereocenters. The van der Waals surface area contributed by atoms with Gasteiger partial charge in [-0.05, 0) is 34.7 Å². The highest BCUT2D eigenvalue weighted by Gasteiger charge is 2.15. The van der Waals surface area contributed by atoms with Crippen LogP contribution in [0.2, 0.25) is 0 Å². The molecular formula is C19H20FNO. The van der Waals surface area contributed by atoms with Gasteiger partial charge in [0.05, 0.1) is 6.61 Å². The molecule has 114 valence electrons. The number of hydrogen-bond acceptors (Lipinski definition) is 1. The fraction of sp³-hybridized carbons (Fsp3) is 0.263. The molecule has 1 heterocycles. The maximum absolute atomic E-state index is 14.5. The molecule has 0 aliphatic heterocycles. The minimum atomic E-state index is -0.259. The number of aromatic nitrogens is 1. The van der Waals surface area contributed by atoms with Crippen molar-refractivity contribution in [3.05, 3.63) is 59.5 Å². The SMILES string of the molecule is CC(C)(C)c1cccc(-c2cc3cc(CO)[nH]c3cc2F)c1. The maximum Gasteiger partial charge on any atom is 0.133 e. The number of hydrogen-bond donors (Lipinski definition) is 2. The number of H-pyrrole nitrogens is 1. The summed E-state index contributed by atoms with van der Waals surface area (Å²) in [7, 11) is 0. The molecule has 0 unspecified atom stereocenters. The summed E-state index contributed by atoms with van der Waals surface area (Å²) in [5, 5.41) is 10.1. The van der Waals surface area contributed by atoms with E-state index in [-0.39, 0.29) is 17.8 Å². The molecule has 0 spiro atoms. The van der Waals surface area contributed by atoms with Crippen LogP contribution < -0.4 is 0 Å². The van der Waals surface area contributed by atoms with Gasteiger partial charge in [-0.3, -0.25) is 0 Å². The fourth-order valence-corrected chi connectivity index (χ4v) is 2.67. The fourth-order valence-electron chi connectivity index (χ4n) is 2.67. The lowest BCUT2D eigenvalue weighted by atomic mass is 9.85. The molecule has 0 bridgehead atoms. The second-order valence-corrected chi connectivity index (χ2v) is 6.70. The zero-order chi connectivity index (χ0) is 15.9. The molecule has 3 heteroatoms. The smallest absolute Gasteiger partial charge is 0.133 e. The van der Waals surface area contributed by atoms with Crippen LogP contribution in [0.1, 0.15) is 32.0 Å². The molecule has 2 nitrogen and oxygen atoms in total. The third-order valence-corrected chi connectivity index (χ3v) is 3.97. The Hall–Kier alpha value is -2.13. The Kier molecular flexibility index (Phi) is 3.53. The van der Waals surface area contributed by atoms with Crippen molar-refractivity contribution in [2.75, 3.05) is 0 Å². The summed E-state index contributed by atoms with van der Waals surface area (Å²) in [5.74, 6) is -0.259. The first-order valence-corrected chi connectivity index (χ1v) is 7.41. The number of benzene rings is 2. The maximum atomic E-state index is 14.5. The Balaban J connectivity index is 2.15. The van der Waals surface area contributed by atoms with E-state index in [0.29, 0.717) is 16.8 Å². The third-order valence-electron chi connectivity index (χ3n) is 3.97. The number of aliphatic hydroxyl groups is 1. The highest BCUT2D eigenvalue weighted by Crippen LogP contribution is 2.31. The molecule has 1 aromatic heterocycles. The van der Waals surface area contributed by atoms with E-state index in [1.807, 2.05) is 30.3 Å². The minimum absolute atomic E-state index is 0.0225. The Morgan fingerprint density at radius 2 is 1.86 bits per heavy atom. The average Bonchev–Trinajstić information content (AvgIpc) is 2.87. The van der Waals surface area contributed by atoms with Gasteiger partial charge < -0.3 is 10.1 Å². The van der Waals surface area contributed by atoms with Crippen LogP contribution in [0.15, 0.2) is 42.5 Å². The van der Waals surface area contributed by atoms with Gasteiger partial charge in [-0.1, -0.05) is 45.0 Å². The van der Waals surface area contributed by atoms with Crippen molar-refractivity contribution in [3.8, 4) is 11.1 Å². The van der Waals surface area contributed by atoms with Crippen LogP contribution in [0, 0.1) is 5.82 Å². The molecule has 0 saturated heterocycles. The van der Waals surface area contributed by atoms with Gasteiger partial charge in [0.2, 0.25) is 0 Å². The van der Waals surface area contributed by atoms with Gasteiger partial charge in [-0.15, -0.1) is 0 Å². The Morgan fingerprint density at radius 3 is 2.55 bits per heavy atom. The van der Waals surface area contributed by atoms with Crippen LogP contribution in [0.5, 0.6) is 0 Å². The van der Waals surface area contributed by atoms with Gasteiger partial charge in [0.25, 0.3) is 0 Å². The summed E-state index contributed by atoms with van der Waals surface area (Å²) in [4.78, 5) is 3.01. The van der Waals surface area contributed by atoms with Crippen LogP contribution in [0.25, 0.3) is 22.0 Å². The Morgan fingerprint density at radius 1 is 1.09 bits per heavy atom. The molecule has 0 aliphatic rings. The first kappa shape index (κ1) is 14.8. The van der Waals surface area contributed by atoms with E-state index in [4.69, 9.17) is 0 Å². The normalized spacial score (nSPS) is 12.0.